The van der Waals surface area contributed by atoms with Crippen molar-refractivity contribution in [2.75, 3.05) is 0 Å². The molecule has 0 spiro atoms. The summed E-state index contributed by atoms with van der Waals surface area (Å²) in [5.74, 6) is 0. The first-order chi connectivity index (χ1) is 0. The monoisotopic (exact) mass is 437 g/mol. The van der Waals surface area contributed by atoms with Crippen LogP contribution < -0.4 is 0 Å². The maximum atomic E-state index is 0. The molecule has 4 heteroatoms. The van der Waals surface area contributed by atoms with Crippen LogP contribution in [0.5, 0.6) is 0 Å². The van der Waals surface area contributed by atoms with E-state index in [1.165, 1.54) is 0 Å². The third kappa shape index (κ3) is 8.82. The van der Waals surface area contributed by atoms with E-state index < -0.39 is 0 Å². The molecule has 0 heterocycles. The Bertz CT molecular complexity index is 3.25. The summed E-state index contributed by atoms with van der Waals surface area (Å²) in [6.07, 6.45) is 0. The topological polar surface area (TPSA) is 0 Å². The minimum absolute atomic E-state index is 0. The Morgan fingerprint density at radius 2 is 0.500 bits per heavy atom. The van der Waals surface area contributed by atoms with Crippen LogP contribution in [0.3, 0.4) is 0 Å². The summed E-state index contributed by atoms with van der Waals surface area (Å²) < 4.78 is 0. The molecule has 0 aromatic heterocycles. The van der Waals surface area contributed by atoms with Gasteiger partial charge >= 0.3 is 79.0 Å². The quantitative estimate of drug-likeness (QED) is 0.355. The van der Waals surface area contributed by atoms with Gasteiger partial charge in [0.05, 0.1) is 0 Å². The van der Waals surface area contributed by atoms with Gasteiger partial charge in [-0.15, -0.1) is 0 Å². The first kappa shape index (κ1) is 31.4. The Morgan fingerprint density at radius 3 is 0.500 bits per heavy atom. The van der Waals surface area contributed by atoms with Crippen molar-refractivity contribution < 1.29 is 0 Å². The van der Waals surface area contributed by atoms with Crippen molar-refractivity contribution in [2.24, 2.45) is 0 Å². The molecule has 0 bridgehead atoms. The molecule has 0 atom stereocenters. The molecule has 0 saturated carbocycles. The van der Waals surface area contributed by atoms with Gasteiger partial charge in [-0.25, -0.2) is 0 Å². The van der Waals surface area contributed by atoms with Crippen LogP contribution >= 0.6 is 0 Å². The fourth-order valence-electron chi connectivity index (χ4n) is 0. The van der Waals surface area contributed by atoms with Crippen LogP contribution in [0.2, 0.25) is 0 Å². The second kappa shape index (κ2) is 17.8. The predicted molar refractivity (Wildman–Crippen MR) is 31.4 cm³/mol. The third-order valence-corrected chi connectivity index (χ3v) is 0. The zero-order valence-corrected chi connectivity index (χ0v) is 14.9. The van der Waals surface area contributed by atoms with E-state index >= 15 is 0 Å². The number of hydrogen-bond acceptors (Lipinski definition) is 0. The predicted octanol–water partition coefficient (Wildman–Crippen LogP) is -3.13. The standard InChI is InChI=1S/Bi.3GeH2/h;3*1H2/q+3;3*-1. The van der Waals surface area contributed by atoms with E-state index in [2.05, 4.69) is 0 Å². The molecule has 23 valence electrons. The van der Waals surface area contributed by atoms with Gasteiger partial charge in [-0.05, 0) is 0 Å². The van der Waals surface area contributed by atoms with Crippen molar-refractivity contribution in [1.82, 2.24) is 0 Å². The molecular weight excluding hydrogens is 427 g/mol. The van der Waals surface area contributed by atoms with Gasteiger partial charge in [0.15, 0.2) is 0 Å². The second-order valence-electron chi connectivity index (χ2n) is 0. The molecule has 0 aromatic rings. The van der Waals surface area contributed by atoms with E-state index in [4.69, 9.17) is 0 Å². The molecule has 0 aliphatic heterocycles. The van der Waals surface area contributed by atoms with Crippen LogP contribution in [0.15, 0.2) is 0 Å². The average Bonchev–Trinajstić information content (AvgIpc) is 0. The summed E-state index contributed by atoms with van der Waals surface area (Å²) in [5.41, 5.74) is 0. The minimum atomic E-state index is 0. The van der Waals surface area contributed by atoms with E-state index in [9.17, 15) is 0 Å². The molecule has 0 aliphatic carbocycles. The van der Waals surface area contributed by atoms with E-state index in [1.807, 2.05) is 0 Å². The summed E-state index contributed by atoms with van der Waals surface area (Å²) in [6.45, 7) is 0. The van der Waals surface area contributed by atoms with E-state index in [0.29, 0.717) is 0 Å². The molecule has 0 fully saturated rings. The Morgan fingerprint density at radius 1 is 0.500 bits per heavy atom. The van der Waals surface area contributed by atoms with Crippen LogP contribution in [0.1, 0.15) is 0 Å². The molecule has 0 rings (SSSR count). The third-order valence-electron chi connectivity index (χ3n) is 0. The Kier molecular flexibility index (Phi) is 139. The molecule has 4 heavy (non-hydrogen) atoms. The van der Waals surface area contributed by atoms with Crippen molar-refractivity contribution in [2.45, 2.75) is 0 Å². The summed E-state index contributed by atoms with van der Waals surface area (Å²) in [5, 5.41) is 0. The summed E-state index contributed by atoms with van der Waals surface area (Å²) in [7, 11) is 0. The summed E-state index contributed by atoms with van der Waals surface area (Å²) >= 11 is 0. The van der Waals surface area contributed by atoms with Crippen LogP contribution in [0.25, 0.3) is 0 Å². The SMILES string of the molecule is [Bi+3].[GeH2-].[GeH2-].[GeH2-]. The molecule has 5 radical (unpaired) electrons. The number of rotatable bonds is 0. The van der Waals surface area contributed by atoms with Crippen molar-refractivity contribution in [3.05, 3.63) is 0 Å². The van der Waals surface area contributed by atoms with Gasteiger partial charge in [-0.2, -0.15) is 0 Å². The van der Waals surface area contributed by atoms with Gasteiger partial charge in [-0.1, -0.05) is 0 Å². The fourth-order valence-corrected chi connectivity index (χ4v) is 0. The van der Waals surface area contributed by atoms with E-state index in [0.717, 1.165) is 0 Å². The second-order valence-corrected chi connectivity index (χ2v) is 0. The Labute approximate surface area is 77.9 Å². The van der Waals surface area contributed by atoms with E-state index in [1.54, 1.807) is 0 Å². The zero-order valence-electron chi connectivity index (χ0n) is 2.57. The molecule has 0 aromatic carbocycles. The van der Waals surface area contributed by atoms with Crippen molar-refractivity contribution >= 4 is 79.0 Å². The number of hydrogen-bond donors (Lipinski definition) is 0. The van der Waals surface area contributed by atoms with Gasteiger partial charge < -0.3 is 0 Å². The van der Waals surface area contributed by atoms with Gasteiger partial charge in [0, 0.05) is 0 Å². The van der Waals surface area contributed by atoms with Gasteiger partial charge in [0.25, 0.3) is 0 Å². The molecule has 0 aliphatic rings. The van der Waals surface area contributed by atoms with Gasteiger partial charge in [-0.3, -0.25) is 0 Å². The van der Waals surface area contributed by atoms with Crippen molar-refractivity contribution in [3.8, 4) is 0 Å². The van der Waals surface area contributed by atoms with Crippen LogP contribution in [-0.4, -0.2) is 79.0 Å². The van der Waals surface area contributed by atoms with E-state index in [-0.39, 0.29) is 79.0 Å². The van der Waals surface area contributed by atoms with Crippen LogP contribution in [-0.2, 0) is 0 Å². The summed E-state index contributed by atoms with van der Waals surface area (Å²) in [4.78, 5) is 0. The van der Waals surface area contributed by atoms with Crippen LogP contribution in [0.4, 0.5) is 0 Å². The molecule has 0 unspecified atom stereocenters. The normalized spacial score (nSPS) is 0. The maximum absolute atomic E-state index is 0. The Hall–Kier alpha value is 2.51. The summed E-state index contributed by atoms with van der Waals surface area (Å²) in [6, 6.07) is 0. The van der Waals surface area contributed by atoms with Crippen molar-refractivity contribution in [1.29, 1.82) is 0 Å². The molecular formula is H6BiGe3. The molecule has 0 saturated heterocycles. The first-order valence-corrected chi connectivity index (χ1v) is 0. The Balaban J connectivity index is 0. The van der Waals surface area contributed by atoms with Gasteiger partial charge in [0.1, 0.15) is 0 Å². The van der Waals surface area contributed by atoms with Crippen molar-refractivity contribution in [3.63, 3.8) is 0 Å². The first-order valence-electron chi connectivity index (χ1n) is 0. The zero-order chi connectivity index (χ0) is 0. The molecule has 0 amide bonds. The molecule has 0 nitrogen and oxygen atoms in total. The molecule has 0 N–H and O–H groups in total. The average molecular weight is 433 g/mol. The van der Waals surface area contributed by atoms with Crippen LogP contribution in [0, 0.1) is 0 Å². The fraction of sp³-hybridized carbons (Fsp3) is 0. The van der Waals surface area contributed by atoms with Gasteiger partial charge in [0.2, 0.25) is 0 Å².